The SMILES string of the molecule is COC(=O)[C@@]1(CC(Cl)(Cl)Cl)COC(=O)[C@](Br)(CO)C1. The highest BCUT2D eigenvalue weighted by molar-refractivity contribution is 9.10. The molecule has 19 heavy (non-hydrogen) atoms. The summed E-state index contributed by atoms with van der Waals surface area (Å²) < 4.78 is 6.52. The smallest absolute Gasteiger partial charge is 0.325 e. The number of alkyl halides is 4. The number of cyclic esters (lactones) is 1. The highest BCUT2D eigenvalue weighted by Gasteiger charge is 2.57. The Balaban J connectivity index is 3.12. The van der Waals surface area contributed by atoms with Crippen LogP contribution in [-0.2, 0) is 19.1 Å². The summed E-state index contributed by atoms with van der Waals surface area (Å²) in [5.74, 6) is -1.33. The van der Waals surface area contributed by atoms with Gasteiger partial charge in [0.25, 0.3) is 0 Å². The van der Waals surface area contributed by atoms with Gasteiger partial charge in [-0.3, -0.25) is 9.59 Å². The second-order valence-corrected chi connectivity index (χ2v) is 8.47. The van der Waals surface area contributed by atoms with Gasteiger partial charge in [0.05, 0.1) is 13.7 Å². The van der Waals surface area contributed by atoms with Gasteiger partial charge in [-0.05, 0) is 6.42 Å². The molecule has 110 valence electrons. The average molecular weight is 398 g/mol. The molecule has 5 nitrogen and oxygen atoms in total. The van der Waals surface area contributed by atoms with E-state index in [4.69, 9.17) is 44.3 Å². The van der Waals surface area contributed by atoms with E-state index in [0.29, 0.717) is 0 Å². The molecule has 1 heterocycles. The zero-order valence-electron chi connectivity index (χ0n) is 9.92. The fourth-order valence-corrected chi connectivity index (χ4v) is 3.45. The van der Waals surface area contributed by atoms with Crippen molar-refractivity contribution < 1.29 is 24.2 Å². The molecule has 1 aliphatic heterocycles. The van der Waals surface area contributed by atoms with Gasteiger partial charge in [0.15, 0.2) is 3.79 Å². The Kier molecular flexibility index (Phi) is 5.40. The molecule has 2 atom stereocenters. The minimum absolute atomic E-state index is 0.0874. The number of hydrogen-bond acceptors (Lipinski definition) is 5. The van der Waals surface area contributed by atoms with Gasteiger partial charge in [0.2, 0.25) is 0 Å². The maximum absolute atomic E-state index is 12.0. The molecule has 1 rings (SSSR count). The van der Waals surface area contributed by atoms with E-state index in [1.54, 1.807) is 0 Å². The van der Waals surface area contributed by atoms with Gasteiger partial charge in [-0.25, -0.2) is 0 Å². The number of aliphatic hydroxyl groups excluding tert-OH is 1. The van der Waals surface area contributed by atoms with Crippen LogP contribution in [0.5, 0.6) is 0 Å². The molecule has 0 radical (unpaired) electrons. The Morgan fingerprint density at radius 1 is 1.58 bits per heavy atom. The Morgan fingerprint density at radius 3 is 2.58 bits per heavy atom. The van der Waals surface area contributed by atoms with Crippen molar-refractivity contribution in [2.45, 2.75) is 21.0 Å². The van der Waals surface area contributed by atoms with Gasteiger partial charge >= 0.3 is 11.9 Å². The molecule has 0 spiro atoms. The van der Waals surface area contributed by atoms with Crippen LogP contribution in [0.1, 0.15) is 12.8 Å². The molecule has 1 aliphatic rings. The summed E-state index contributed by atoms with van der Waals surface area (Å²) >= 11 is 20.3. The minimum Gasteiger partial charge on any atom is -0.468 e. The van der Waals surface area contributed by atoms with Gasteiger partial charge in [0, 0.05) is 6.42 Å². The number of rotatable bonds is 3. The van der Waals surface area contributed by atoms with E-state index in [1.807, 2.05) is 0 Å². The number of methoxy groups -OCH3 is 1. The maximum Gasteiger partial charge on any atom is 0.325 e. The van der Waals surface area contributed by atoms with Crippen LogP contribution < -0.4 is 0 Å². The third-order valence-electron chi connectivity index (χ3n) is 2.87. The fraction of sp³-hybridized carbons (Fsp3) is 0.800. The molecule has 0 aromatic rings. The lowest BCUT2D eigenvalue weighted by Crippen LogP contribution is -2.55. The van der Waals surface area contributed by atoms with Crippen molar-refractivity contribution in [3.05, 3.63) is 0 Å². The summed E-state index contributed by atoms with van der Waals surface area (Å²) in [5, 5.41) is 9.31. The van der Waals surface area contributed by atoms with E-state index in [0.717, 1.165) is 0 Å². The second kappa shape index (κ2) is 5.93. The molecule has 1 N–H and O–H groups in total. The third-order valence-corrected chi connectivity index (χ3v) is 4.13. The monoisotopic (exact) mass is 396 g/mol. The first kappa shape index (κ1) is 17.3. The minimum atomic E-state index is -1.72. The molecule has 0 aromatic carbocycles. The topological polar surface area (TPSA) is 72.8 Å². The number of carbonyl (C=O) groups is 2. The van der Waals surface area contributed by atoms with Crippen LogP contribution >= 0.6 is 50.7 Å². The molecule has 0 aliphatic carbocycles. The molecule has 0 aromatic heterocycles. The first-order chi connectivity index (χ1) is 8.58. The van der Waals surface area contributed by atoms with Crippen molar-refractivity contribution >= 4 is 62.7 Å². The van der Waals surface area contributed by atoms with E-state index in [9.17, 15) is 14.7 Å². The molecule has 1 saturated heterocycles. The largest absolute Gasteiger partial charge is 0.468 e. The first-order valence-corrected chi connectivity index (χ1v) is 7.13. The Labute approximate surface area is 133 Å². The van der Waals surface area contributed by atoms with E-state index in [2.05, 4.69) is 15.9 Å². The lowest BCUT2D eigenvalue weighted by Gasteiger charge is -2.42. The van der Waals surface area contributed by atoms with Crippen molar-refractivity contribution in [3.63, 3.8) is 0 Å². The van der Waals surface area contributed by atoms with Crippen molar-refractivity contribution in [1.82, 2.24) is 0 Å². The van der Waals surface area contributed by atoms with Crippen LogP contribution in [0.4, 0.5) is 0 Å². The van der Waals surface area contributed by atoms with Crippen molar-refractivity contribution in [3.8, 4) is 0 Å². The highest BCUT2D eigenvalue weighted by atomic mass is 79.9. The van der Waals surface area contributed by atoms with Crippen LogP contribution in [0.15, 0.2) is 0 Å². The number of esters is 2. The predicted octanol–water partition coefficient (Wildman–Crippen LogP) is 1.98. The summed E-state index contributed by atoms with van der Waals surface area (Å²) in [6.45, 7) is -0.815. The van der Waals surface area contributed by atoms with Crippen LogP contribution in [0.25, 0.3) is 0 Å². The molecule has 1 fully saturated rings. The summed E-state index contributed by atoms with van der Waals surface area (Å²) in [5.41, 5.74) is -1.32. The van der Waals surface area contributed by atoms with Gasteiger partial charge in [-0.2, -0.15) is 0 Å². The summed E-state index contributed by atoms with van der Waals surface area (Å²) in [6.07, 6.45) is -0.284. The molecular formula is C10H12BrCl3O5. The Hall–Kier alpha value is 0.250. The van der Waals surface area contributed by atoms with E-state index in [1.165, 1.54) is 7.11 Å². The zero-order valence-corrected chi connectivity index (χ0v) is 13.8. The third kappa shape index (κ3) is 3.88. The predicted molar refractivity (Wildman–Crippen MR) is 73.7 cm³/mol. The average Bonchev–Trinajstić information content (AvgIpc) is 2.31. The number of ether oxygens (including phenoxy) is 2. The Morgan fingerprint density at radius 2 is 2.16 bits per heavy atom. The van der Waals surface area contributed by atoms with Gasteiger partial charge < -0.3 is 14.6 Å². The van der Waals surface area contributed by atoms with Crippen molar-refractivity contribution in [1.29, 1.82) is 0 Å². The van der Waals surface area contributed by atoms with Crippen LogP contribution in [-0.4, -0.2) is 45.5 Å². The molecule has 0 unspecified atom stereocenters. The van der Waals surface area contributed by atoms with Crippen molar-refractivity contribution in [2.24, 2.45) is 5.41 Å². The number of halogens is 4. The standard InChI is InChI=1S/C10H12BrCl3O5/c1-18-6(16)8(3-10(12,13)14)2-9(11,4-15)7(17)19-5-8/h15H,2-5H2,1H3/t8-,9+/m0/s1. The van der Waals surface area contributed by atoms with Crippen LogP contribution in [0, 0.1) is 5.41 Å². The van der Waals surface area contributed by atoms with Gasteiger partial charge in [-0.15, -0.1) is 0 Å². The maximum atomic E-state index is 12.0. The van der Waals surface area contributed by atoms with Crippen LogP contribution in [0.3, 0.4) is 0 Å². The molecule has 0 amide bonds. The van der Waals surface area contributed by atoms with E-state index >= 15 is 0 Å². The zero-order chi connectivity index (χ0) is 14.9. The van der Waals surface area contributed by atoms with Gasteiger partial charge in [-0.1, -0.05) is 50.7 Å². The molecular weight excluding hydrogens is 386 g/mol. The summed E-state index contributed by atoms with van der Waals surface area (Å²) in [6, 6.07) is 0. The summed E-state index contributed by atoms with van der Waals surface area (Å²) in [4.78, 5) is 23.6. The van der Waals surface area contributed by atoms with Crippen LogP contribution in [0.2, 0.25) is 0 Å². The van der Waals surface area contributed by atoms with Gasteiger partial charge in [0.1, 0.15) is 16.3 Å². The number of carbonyl (C=O) groups excluding carboxylic acids is 2. The number of hydrogen-bond donors (Lipinski definition) is 1. The second-order valence-electron chi connectivity index (χ2n) is 4.44. The van der Waals surface area contributed by atoms with E-state index < -0.39 is 32.1 Å². The lowest BCUT2D eigenvalue weighted by molar-refractivity contribution is -0.174. The first-order valence-electron chi connectivity index (χ1n) is 5.21. The van der Waals surface area contributed by atoms with E-state index in [-0.39, 0.29) is 19.4 Å². The Bertz CT molecular complexity index is 386. The molecule has 0 saturated carbocycles. The normalized spacial score (nSPS) is 31.8. The quantitative estimate of drug-likeness (QED) is 0.581. The molecule has 9 heteroatoms. The lowest BCUT2D eigenvalue weighted by atomic mass is 9.75. The molecule has 0 bridgehead atoms. The van der Waals surface area contributed by atoms with Crippen molar-refractivity contribution in [2.75, 3.05) is 20.3 Å². The number of aliphatic hydroxyl groups is 1. The fourth-order valence-electron chi connectivity index (χ4n) is 2.03. The summed E-state index contributed by atoms with van der Waals surface area (Å²) in [7, 11) is 1.19. The highest BCUT2D eigenvalue weighted by Crippen LogP contribution is 2.48.